The second kappa shape index (κ2) is 11.7. The Morgan fingerprint density at radius 3 is 2.37 bits per heavy atom. The molecule has 1 atom stereocenters. The third-order valence-corrected chi connectivity index (χ3v) is 7.88. The summed E-state index contributed by atoms with van der Waals surface area (Å²) in [6.07, 6.45) is 8.80. The van der Waals surface area contributed by atoms with Gasteiger partial charge in [-0.05, 0) is 38.7 Å². The number of aryl methyl sites for hydroxylation is 2. The minimum atomic E-state index is -0.201. The van der Waals surface area contributed by atoms with E-state index in [1.54, 1.807) is 34.0 Å². The number of benzene rings is 1. The Hall–Kier alpha value is -5.08. The molecule has 0 radical (unpaired) electrons. The summed E-state index contributed by atoms with van der Waals surface area (Å²) >= 11 is 0. The van der Waals surface area contributed by atoms with Crippen LogP contribution in [-0.4, -0.2) is 91.9 Å². The first-order valence-electron chi connectivity index (χ1n) is 14.3. The molecule has 11 heteroatoms. The van der Waals surface area contributed by atoms with Crippen LogP contribution in [-0.2, 0) is 11.8 Å². The Labute approximate surface area is 250 Å². The van der Waals surface area contributed by atoms with Crippen molar-refractivity contribution in [2.75, 3.05) is 51.7 Å². The van der Waals surface area contributed by atoms with Crippen LogP contribution in [0.5, 0.6) is 0 Å². The summed E-state index contributed by atoms with van der Waals surface area (Å²) in [4.78, 5) is 29.6. The standard InChI is InChI=1S/C32H34N10O/c1-22-5-7-23(8-6-22)27(20-38(2)3)32(43)41-13-11-40(12-14-41)29-10-9-24(16-34-29)30-31-25(15-33)17-36-42(31)21-28(37-30)26-18-35-39(4)19-26/h5-10,16-19,21,27H,11-14,20H2,1-4H3. The van der Waals surface area contributed by atoms with Gasteiger partial charge in [0.05, 0.1) is 35.9 Å². The number of likely N-dealkylation sites (N-methyl/N-ethyl adjacent to an activating group) is 1. The maximum atomic E-state index is 13.7. The first-order chi connectivity index (χ1) is 20.8. The summed E-state index contributed by atoms with van der Waals surface area (Å²) in [5, 5.41) is 18.4. The Kier molecular flexibility index (Phi) is 7.61. The van der Waals surface area contributed by atoms with Gasteiger partial charge in [0.15, 0.2) is 0 Å². The van der Waals surface area contributed by atoms with E-state index >= 15 is 0 Å². The molecule has 11 nitrogen and oxygen atoms in total. The van der Waals surface area contributed by atoms with E-state index in [0.717, 1.165) is 22.5 Å². The Balaban J connectivity index is 1.20. The van der Waals surface area contributed by atoms with Crippen molar-refractivity contribution in [3.63, 3.8) is 0 Å². The molecule has 1 amide bonds. The van der Waals surface area contributed by atoms with Gasteiger partial charge < -0.3 is 14.7 Å². The topological polar surface area (TPSA) is 111 Å². The van der Waals surface area contributed by atoms with E-state index in [4.69, 9.17) is 9.97 Å². The van der Waals surface area contributed by atoms with Crippen LogP contribution in [0.3, 0.4) is 0 Å². The minimum Gasteiger partial charge on any atom is -0.353 e. The lowest BCUT2D eigenvalue weighted by Crippen LogP contribution is -2.51. The van der Waals surface area contributed by atoms with Gasteiger partial charge in [-0.1, -0.05) is 29.8 Å². The van der Waals surface area contributed by atoms with Gasteiger partial charge >= 0.3 is 0 Å². The highest BCUT2D eigenvalue weighted by Crippen LogP contribution is 2.30. The third-order valence-electron chi connectivity index (χ3n) is 7.88. The average molecular weight is 575 g/mol. The van der Waals surface area contributed by atoms with Crippen molar-refractivity contribution in [3.8, 4) is 28.6 Å². The van der Waals surface area contributed by atoms with Gasteiger partial charge in [0, 0.05) is 63.3 Å². The summed E-state index contributed by atoms with van der Waals surface area (Å²) < 4.78 is 3.41. The maximum absolute atomic E-state index is 13.7. The molecule has 1 aromatic carbocycles. The van der Waals surface area contributed by atoms with E-state index in [-0.39, 0.29) is 11.8 Å². The number of piperazine rings is 1. The van der Waals surface area contributed by atoms with Crippen LogP contribution in [0.4, 0.5) is 5.82 Å². The van der Waals surface area contributed by atoms with Gasteiger partial charge in [-0.2, -0.15) is 15.5 Å². The van der Waals surface area contributed by atoms with E-state index in [1.165, 1.54) is 5.56 Å². The number of anilines is 1. The number of pyridine rings is 1. The summed E-state index contributed by atoms with van der Waals surface area (Å²) in [5.41, 5.74) is 6.29. The van der Waals surface area contributed by atoms with Crippen LogP contribution in [0, 0.1) is 18.3 Å². The molecule has 1 saturated heterocycles. The first-order valence-corrected chi connectivity index (χ1v) is 14.3. The number of aromatic nitrogens is 6. The molecule has 6 rings (SSSR count). The van der Waals surface area contributed by atoms with E-state index in [2.05, 4.69) is 57.3 Å². The summed E-state index contributed by atoms with van der Waals surface area (Å²) in [6, 6.07) is 14.5. The molecule has 5 aromatic rings. The average Bonchev–Trinajstić information content (AvgIpc) is 3.65. The van der Waals surface area contributed by atoms with E-state index < -0.39 is 0 Å². The van der Waals surface area contributed by atoms with Crippen molar-refractivity contribution < 1.29 is 4.79 Å². The molecule has 218 valence electrons. The molecule has 0 saturated carbocycles. The highest BCUT2D eigenvalue weighted by Gasteiger charge is 2.29. The number of hydrogen-bond acceptors (Lipinski definition) is 8. The maximum Gasteiger partial charge on any atom is 0.231 e. The van der Waals surface area contributed by atoms with Crippen LogP contribution in [0.1, 0.15) is 22.6 Å². The molecule has 4 aromatic heterocycles. The number of carbonyl (C=O) groups is 1. The minimum absolute atomic E-state index is 0.165. The van der Waals surface area contributed by atoms with Crippen molar-refractivity contribution in [2.24, 2.45) is 7.05 Å². The van der Waals surface area contributed by atoms with E-state index in [1.807, 2.05) is 44.4 Å². The largest absolute Gasteiger partial charge is 0.353 e. The van der Waals surface area contributed by atoms with Crippen molar-refractivity contribution >= 4 is 17.2 Å². The number of amides is 1. The van der Waals surface area contributed by atoms with Crippen molar-refractivity contribution in [2.45, 2.75) is 12.8 Å². The van der Waals surface area contributed by atoms with Gasteiger partial charge in [0.1, 0.15) is 23.0 Å². The molecule has 1 fully saturated rings. The fraction of sp³-hybridized carbons (Fsp3) is 0.312. The van der Waals surface area contributed by atoms with Gasteiger partial charge in [0.25, 0.3) is 0 Å². The zero-order valence-corrected chi connectivity index (χ0v) is 24.8. The van der Waals surface area contributed by atoms with Crippen molar-refractivity contribution in [1.82, 2.24) is 39.2 Å². The number of nitrogens with zero attached hydrogens (tertiary/aromatic N) is 10. The van der Waals surface area contributed by atoms with Gasteiger partial charge in [-0.15, -0.1) is 0 Å². The van der Waals surface area contributed by atoms with Crippen LogP contribution in [0.15, 0.2) is 67.4 Å². The number of hydrogen-bond donors (Lipinski definition) is 0. The van der Waals surface area contributed by atoms with E-state index in [0.29, 0.717) is 55.2 Å². The summed E-state index contributed by atoms with van der Waals surface area (Å²) in [6.45, 7) is 5.38. The van der Waals surface area contributed by atoms with Gasteiger partial charge in [0.2, 0.25) is 5.91 Å². The SMILES string of the molecule is Cc1ccc(C(CN(C)C)C(=O)N2CCN(c3ccc(-c4nc(-c5cnn(C)c5)cn5ncc(C#N)c45)cn3)CC2)cc1. The lowest BCUT2D eigenvalue weighted by molar-refractivity contribution is -0.133. The van der Waals surface area contributed by atoms with Crippen LogP contribution in [0.2, 0.25) is 0 Å². The lowest BCUT2D eigenvalue weighted by atomic mass is 9.95. The van der Waals surface area contributed by atoms with E-state index in [9.17, 15) is 10.1 Å². The third kappa shape index (κ3) is 5.69. The fourth-order valence-corrected chi connectivity index (χ4v) is 5.57. The number of carbonyl (C=O) groups excluding carboxylic acids is 1. The Morgan fingerprint density at radius 2 is 1.74 bits per heavy atom. The van der Waals surface area contributed by atoms with Gasteiger partial charge in [-0.25, -0.2) is 14.5 Å². The Bertz CT molecular complexity index is 1790. The molecular weight excluding hydrogens is 540 g/mol. The molecule has 0 spiro atoms. The molecular formula is C32H34N10O. The first kappa shape index (κ1) is 28.1. The van der Waals surface area contributed by atoms with Crippen LogP contribution < -0.4 is 4.90 Å². The zero-order valence-electron chi connectivity index (χ0n) is 24.8. The highest BCUT2D eigenvalue weighted by atomic mass is 16.2. The number of rotatable bonds is 7. The van der Waals surface area contributed by atoms with Gasteiger partial charge in [-0.3, -0.25) is 9.48 Å². The molecule has 0 aliphatic carbocycles. The number of fused-ring (bicyclic) bond motifs is 1. The molecule has 1 aliphatic heterocycles. The monoisotopic (exact) mass is 574 g/mol. The molecule has 1 aliphatic rings. The second-order valence-corrected chi connectivity index (χ2v) is 11.3. The Morgan fingerprint density at radius 1 is 0.977 bits per heavy atom. The zero-order chi connectivity index (χ0) is 30.1. The predicted octanol–water partition coefficient (Wildman–Crippen LogP) is 3.37. The van der Waals surface area contributed by atoms with Crippen LogP contribution in [0.25, 0.3) is 28.0 Å². The molecule has 5 heterocycles. The highest BCUT2D eigenvalue weighted by molar-refractivity contribution is 5.85. The summed E-state index contributed by atoms with van der Waals surface area (Å²) in [5.74, 6) is 0.805. The predicted molar refractivity (Wildman–Crippen MR) is 164 cm³/mol. The van der Waals surface area contributed by atoms with Crippen molar-refractivity contribution in [1.29, 1.82) is 5.26 Å². The quantitative estimate of drug-likeness (QED) is 0.291. The summed E-state index contributed by atoms with van der Waals surface area (Å²) in [7, 11) is 5.87. The lowest BCUT2D eigenvalue weighted by Gasteiger charge is -2.37. The molecule has 0 N–H and O–H groups in total. The van der Waals surface area contributed by atoms with Crippen LogP contribution >= 0.6 is 0 Å². The number of nitriles is 1. The van der Waals surface area contributed by atoms with Crippen molar-refractivity contribution in [3.05, 3.63) is 84.1 Å². The normalized spacial score (nSPS) is 14.3. The fourth-order valence-electron chi connectivity index (χ4n) is 5.57. The smallest absolute Gasteiger partial charge is 0.231 e. The molecule has 43 heavy (non-hydrogen) atoms. The second-order valence-electron chi connectivity index (χ2n) is 11.3. The molecule has 0 bridgehead atoms. The molecule has 1 unspecified atom stereocenters.